The molecule has 41 valence electrons. The summed E-state index contributed by atoms with van der Waals surface area (Å²) in [7, 11) is 0. The standard InChI is InChI=1S/C3H6NO3/c4-2(5)1-3(6)7/h2H,1,4H2,(H,6,7). The largest absolute Gasteiger partial charge is 0.481 e. The van der Waals surface area contributed by atoms with Gasteiger partial charge in [-0.15, -0.1) is 0 Å². The SMILES string of the molecule is NC([O])CC(=O)O. The van der Waals surface area contributed by atoms with Crippen LogP contribution in [0, 0.1) is 0 Å². The highest BCUT2D eigenvalue weighted by atomic mass is 16.4. The molecule has 7 heavy (non-hydrogen) atoms. The molecule has 4 heteroatoms. The first-order chi connectivity index (χ1) is 3.13. The number of nitrogens with two attached hydrogens (primary N) is 1. The third kappa shape index (κ3) is 5.39. The Morgan fingerprint density at radius 2 is 2.29 bits per heavy atom. The predicted octanol–water partition coefficient (Wildman–Crippen LogP) is -0.824. The minimum Gasteiger partial charge on any atom is -0.481 e. The summed E-state index contributed by atoms with van der Waals surface area (Å²) in [6.07, 6.45) is -1.97. The first kappa shape index (κ1) is 6.39. The first-order valence-electron chi connectivity index (χ1n) is 1.76. The van der Waals surface area contributed by atoms with Gasteiger partial charge in [-0.3, -0.25) is 4.79 Å². The molecule has 0 rings (SSSR count). The molecule has 0 aromatic heterocycles. The fraction of sp³-hybridized carbons (Fsp3) is 0.667. The molecule has 0 amide bonds. The molecule has 0 bridgehead atoms. The third-order valence-electron chi connectivity index (χ3n) is 0.376. The van der Waals surface area contributed by atoms with Gasteiger partial charge >= 0.3 is 5.97 Å². The molecule has 0 aliphatic rings. The smallest absolute Gasteiger partial charge is 0.307 e. The van der Waals surface area contributed by atoms with Crippen molar-refractivity contribution >= 4 is 5.97 Å². The van der Waals surface area contributed by atoms with Crippen LogP contribution in [0.2, 0.25) is 0 Å². The molecule has 3 N–H and O–H groups in total. The van der Waals surface area contributed by atoms with Gasteiger partial charge in [0.1, 0.15) is 0 Å². The van der Waals surface area contributed by atoms with Gasteiger partial charge in [0, 0.05) is 0 Å². The maximum atomic E-state index is 9.73. The summed E-state index contributed by atoms with van der Waals surface area (Å²) in [5, 5.41) is 17.5. The molecule has 0 fully saturated rings. The molecule has 0 aromatic carbocycles. The van der Waals surface area contributed by atoms with Crippen molar-refractivity contribution in [3.8, 4) is 0 Å². The van der Waals surface area contributed by atoms with E-state index in [1.807, 2.05) is 0 Å². The molecule has 1 unspecified atom stereocenters. The summed E-state index contributed by atoms with van der Waals surface area (Å²) in [4.78, 5) is 9.53. The Labute approximate surface area is 40.6 Å². The van der Waals surface area contributed by atoms with Crippen LogP contribution in [0.3, 0.4) is 0 Å². The molecule has 0 aromatic rings. The van der Waals surface area contributed by atoms with E-state index in [0.29, 0.717) is 0 Å². The second kappa shape index (κ2) is 2.54. The van der Waals surface area contributed by atoms with E-state index in [1.54, 1.807) is 0 Å². The maximum absolute atomic E-state index is 9.73. The average molecular weight is 104 g/mol. The number of aliphatic carboxylic acids is 1. The molecule has 0 saturated heterocycles. The maximum Gasteiger partial charge on any atom is 0.307 e. The molecule has 4 nitrogen and oxygen atoms in total. The van der Waals surface area contributed by atoms with E-state index in [4.69, 9.17) is 5.11 Å². The molecule has 1 atom stereocenters. The zero-order chi connectivity index (χ0) is 5.86. The molecule has 1 radical (unpaired) electrons. The number of hydrogen-bond acceptors (Lipinski definition) is 2. The first-order valence-corrected chi connectivity index (χ1v) is 1.76. The normalized spacial score (nSPS) is 13.4. The minimum absolute atomic E-state index is 0.500. The lowest BCUT2D eigenvalue weighted by atomic mass is 10.4. The molecule has 0 spiro atoms. The lowest BCUT2D eigenvalue weighted by Crippen LogP contribution is -2.20. The Balaban J connectivity index is 3.13. The van der Waals surface area contributed by atoms with Crippen molar-refractivity contribution in [3.05, 3.63) is 0 Å². The van der Waals surface area contributed by atoms with E-state index in [9.17, 15) is 9.90 Å². The number of carboxylic acids is 1. The Morgan fingerprint density at radius 3 is 2.29 bits per heavy atom. The lowest BCUT2D eigenvalue weighted by Gasteiger charge is -1.91. The van der Waals surface area contributed by atoms with Crippen LogP contribution in [0.5, 0.6) is 0 Å². The second-order valence-electron chi connectivity index (χ2n) is 1.14. The highest BCUT2D eigenvalue weighted by Crippen LogP contribution is 1.79. The predicted molar refractivity (Wildman–Crippen MR) is 20.9 cm³/mol. The van der Waals surface area contributed by atoms with Crippen LogP contribution in [0.15, 0.2) is 0 Å². The molecule has 0 aliphatic heterocycles. The van der Waals surface area contributed by atoms with E-state index in [1.165, 1.54) is 0 Å². The monoisotopic (exact) mass is 104 g/mol. The highest BCUT2D eigenvalue weighted by molar-refractivity contribution is 5.67. The van der Waals surface area contributed by atoms with Gasteiger partial charge in [-0.2, -0.15) is 0 Å². The molecular weight excluding hydrogens is 98.0 g/mol. The molecule has 0 heterocycles. The lowest BCUT2D eigenvalue weighted by molar-refractivity contribution is -0.139. The van der Waals surface area contributed by atoms with Gasteiger partial charge in [0.15, 0.2) is 6.23 Å². The van der Waals surface area contributed by atoms with Crippen LogP contribution < -0.4 is 5.73 Å². The van der Waals surface area contributed by atoms with E-state index in [-0.39, 0.29) is 0 Å². The Kier molecular flexibility index (Phi) is 2.32. The number of rotatable bonds is 2. The molecular formula is C3H6NO3. The fourth-order valence-electron chi connectivity index (χ4n) is 0.172. The van der Waals surface area contributed by atoms with Crippen LogP contribution in [-0.2, 0) is 9.90 Å². The summed E-state index contributed by atoms with van der Waals surface area (Å²) >= 11 is 0. The van der Waals surface area contributed by atoms with Gasteiger partial charge < -0.3 is 10.8 Å². The number of carboxylic acid groups (broad SMARTS) is 1. The van der Waals surface area contributed by atoms with Gasteiger partial charge in [0.25, 0.3) is 0 Å². The van der Waals surface area contributed by atoms with Crippen molar-refractivity contribution in [2.75, 3.05) is 0 Å². The van der Waals surface area contributed by atoms with Crippen LogP contribution >= 0.6 is 0 Å². The summed E-state index contributed by atoms with van der Waals surface area (Å²) < 4.78 is 0. The van der Waals surface area contributed by atoms with Crippen molar-refractivity contribution in [1.29, 1.82) is 0 Å². The molecule has 0 aliphatic carbocycles. The average Bonchev–Trinajstić information content (AvgIpc) is 1.27. The van der Waals surface area contributed by atoms with E-state index in [2.05, 4.69) is 5.73 Å². The van der Waals surface area contributed by atoms with Crippen LogP contribution in [-0.4, -0.2) is 17.3 Å². The minimum atomic E-state index is -1.47. The van der Waals surface area contributed by atoms with Crippen molar-refractivity contribution in [3.63, 3.8) is 0 Å². The van der Waals surface area contributed by atoms with Crippen LogP contribution in [0.25, 0.3) is 0 Å². The summed E-state index contributed by atoms with van der Waals surface area (Å²) in [5.74, 6) is -1.15. The Hall–Kier alpha value is -0.610. The molecule has 0 saturated carbocycles. The van der Waals surface area contributed by atoms with Gasteiger partial charge in [-0.05, 0) is 0 Å². The van der Waals surface area contributed by atoms with Gasteiger partial charge in [0.05, 0.1) is 6.42 Å². The zero-order valence-corrected chi connectivity index (χ0v) is 3.63. The summed E-state index contributed by atoms with van der Waals surface area (Å²) in [5.41, 5.74) is 4.56. The van der Waals surface area contributed by atoms with Crippen molar-refractivity contribution in [2.45, 2.75) is 12.6 Å². The second-order valence-corrected chi connectivity index (χ2v) is 1.14. The summed E-state index contributed by atoms with van der Waals surface area (Å²) in [6.45, 7) is 0. The summed E-state index contributed by atoms with van der Waals surface area (Å²) in [6, 6.07) is 0. The fourth-order valence-corrected chi connectivity index (χ4v) is 0.172. The van der Waals surface area contributed by atoms with Crippen LogP contribution in [0.1, 0.15) is 6.42 Å². The third-order valence-corrected chi connectivity index (χ3v) is 0.376. The zero-order valence-electron chi connectivity index (χ0n) is 3.63. The Morgan fingerprint density at radius 1 is 1.86 bits per heavy atom. The highest BCUT2D eigenvalue weighted by Gasteiger charge is 2.02. The van der Waals surface area contributed by atoms with Gasteiger partial charge in [-0.25, -0.2) is 5.11 Å². The Bertz CT molecular complexity index is 70.6. The number of carbonyl (C=O) groups is 1. The van der Waals surface area contributed by atoms with Crippen molar-refractivity contribution < 1.29 is 15.0 Å². The van der Waals surface area contributed by atoms with Crippen LogP contribution in [0.4, 0.5) is 0 Å². The number of hydrogen-bond donors (Lipinski definition) is 2. The van der Waals surface area contributed by atoms with E-state index >= 15 is 0 Å². The van der Waals surface area contributed by atoms with Gasteiger partial charge in [0.2, 0.25) is 0 Å². The quantitative estimate of drug-likeness (QED) is 0.449. The van der Waals surface area contributed by atoms with Crippen molar-refractivity contribution in [1.82, 2.24) is 0 Å². The van der Waals surface area contributed by atoms with Crippen molar-refractivity contribution in [2.24, 2.45) is 5.73 Å². The van der Waals surface area contributed by atoms with E-state index < -0.39 is 18.6 Å². The van der Waals surface area contributed by atoms with E-state index in [0.717, 1.165) is 0 Å². The topological polar surface area (TPSA) is 83.2 Å². The van der Waals surface area contributed by atoms with Gasteiger partial charge in [-0.1, -0.05) is 0 Å².